The second-order valence-corrected chi connectivity index (χ2v) is 7.17. The van der Waals surface area contributed by atoms with E-state index < -0.39 is 0 Å². The first-order valence-electron chi connectivity index (χ1n) is 8.48. The van der Waals surface area contributed by atoms with Gasteiger partial charge >= 0.3 is 0 Å². The normalized spacial score (nSPS) is 20.7. The summed E-state index contributed by atoms with van der Waals surface area (Å²) in [5.41, 5.74) is 2.33. The fourth-order valence-corrected chi connectivity index (χ4v) is 3.36. The summed E-state index contributed by atoms with van der Waals surface area (Å²) in [6.45, 7) is 8.10. The van der Waals surface area contributed by atoms with E-state index in [9.17, 15) is 9.59 Å². The molecule has 2 heterocycles. The van der Waals surface area contributed by atoms with Crippen molar-refractivity contribution < 1.29 is 9.59 Å². The Morgan fingerprint density at radius 1 is 1.43 bits per heavy atom. The maximum Gasteiger partial charge on any atom is 0.242 e. The van der Waals surface area contributed by atoms with E-state index in [4.69, 9.17) is 0 Å². The van der Waals surface area contributed by atoms with Crippen molar-refractivity contribution in [3.05, 3.63) is 17.5 Å². The SMILES string of the molecule is Cc1cc(C)n(CC2(CNC(=O)C(C)N3CCCC3=O)CC2)n1. The zero-order chi connectivity index (χ0) is 16.6. The zero-order valence-corrected chi connectivity index (χ0v) is 14.3. The Morgan fingerprint density at radius 2 is 2.17 bits per heavy atom. The number of aromatic nitrogens is 2. The van der Waals surface area contributed by atoms with Gasteiger partial charge in [0.2, 0.25) is 11.8 Å². The number of hydrogen-bond donors (Lipinski definition) is 1. The van der Waals surface area contributed by atoms with Gasteiger partial charge < -0.3 is 10.2 Å². The van der Waals surface area contributed by atoms with E-state index in [1.54, 1.807) is 4.90 Å². The molecule has 1 unspecified atom stereocenters. The monoisotopic (exact) mass is 318 g/mol. The van der Waals surface area contributed by atoms with Crippen LogP contribution in [0.3, 0.4) is 0 Å². The molecule has 1 aliphatic heterocycles. The van der Waals surface area contributed by atoms with Crippen LogP contribution in [0.25, 0.3) is 0 Å². The van der Waals surface area contributed by atoms with Crippen molar-refractivity contribution in [1.29, 1.82) is 0 Å². The third kappa shape index (κ3) is 3.41. The summed E-state index contributed by atoms with van der Waals surface area (Å²) in [4.78, 5) is 25.8. The van der Waals surface area contributed by atoms with E-state index in [-0.39, 0.29) is 23.3 Å². The van der Waals surface area contributed by atoms with Crippen molar-refractivity contribution in [2.45, 2.75) is 59.0 Å². The van der Waals surface area contributed by atoms with Gasteiger partial charge in [-0.3, -0.25) is 14.3 Å². The molecular formula is C17H26N4O2. The van der Waals surface area contributed by atoms with E-state index in [0.717, 1.165) is 37.2 Å². The van der Waals surface area contributed by atoms with Crippen LogP contribution in [0.5, 0.6) is 0 Å². The van der Waals surface area contributed by atoms with Gasteiger partial charge in [-0.25, -0.2) is 0 Å². The molecule has 1 atom stereocenters. The van der Waals surface area contributed by atoms with Crippen LogP contribution in [-0.4, -0.2) is 45.6 Å². The number of carbonyl (C=O) groups excluding carboxylic acids is 2. The summed E-state index contributed by atoms with van der Waals surface area (Å²) in [7, 11) is 0. The van der Waals surface area contributed by atoms with Gasteiger partial charge in [0, 0.05) is 37.2 Å². The fraction of sp³-hybridized carbons (Fsp3) is 0.706. The van der Waals surface area contributed by atoms with Crippen LogP contribution in [0, 0.1) is 19.3 Å². The fourth-order valence-electron chi connectivity index (χ4n) is 3.36. The van der Waals surface area contributed by atoms with Gasteiger partial charge in [-0.05, 0) is 46.1 Å². The van der Waals surface area contributed by atoms with E-state index >= 15 is 0 Å². The van der Waals surface area contributed by atoms with Crippen LogP contribution >= 0.6 is 0 Å². The minimum absolute atomic E-state index is 0.0418. The number of hydrogen-bond acceptors (Lipinski definition) is 3. The minimum atomic E-state index is -0.366. The molecule has 23 heavy (non-hydrogen) atoms. The molecule has 0 spiro atoms. The molecule has 6 nitrogen and oxygen atoms in total. The van der Waals surface area contributed by atoms with Crippen LogP contribution in [-0.2, 0) is 16.1 Å². The van der Waals surface area contributed by atoms with E-state index in [2.05, 4.69) is 23.4 Å². The Labute approximate surface area is 137 Å². The van der Waals surface area contributed by atoms with Crippen LogP contribution < -0.4 is 5.32 Å². The first-order valence-corrected chi connectivity index (χ1v) is 8.48. The van der Waals surface area contributed by atoms with Crippen LogP contribution in [0.4, 0.5) is 0 Å². The third-order valence-corrected chi connectivity index (χ3v) is 5.14. The average Bonchev–Trinajstić information content (AvgIpc) is 3.02. The van der Waals surface area contributed by atoms with E-state index in [0.29, 0.717) is 19.5 Å². The number of aryl methyl sites for hydroxylation is 2. The summed E-state index contributed by atoms with van der Waals surface area (Å²) >= 11 is 0. The molecule has 1 saturated heterocycles. The van der Waals surface area contributed by atoms with E-state index in [1.165, 1.54) is 0 Å². The van der Waals surface area contributed by atoms with Gasteiger partial charge in [0.15, 0.2) is 0 Å². The average molecular weight is 318 g/mol. The highest BCUT2D eigenvalue weighted by atomic mass is 16.2. The van der Waals surface area contributed by atoms with Gasteiger partial charge in [0.1, 0.15) is 6.04 Å². The number of carbonyl (C=O) groups is 2. The van der Waals surface area contributed by atoms with Crippen LogP contribution in [0.2, 0.25) is 0 Å². The first-order chi connectivity index (χ1) is 10.9. The summed E-state index contributed by atoms with van der Waals surface area (Å²) in [5, 5.41) is 7.58. The molecule has 1 aliphatic carbocycles. The summed E-state index contributed by atoms with van der Waals surface area (Å²) in [6, 6.07) is 1.71. The van der Waals surface area contributed by atoms with Crippen molar-refractivity contribution in [2.24, 2.45) is 5.41 Å². The Hall–Kier alpha value is -1.85. The Morgan fingerprint density at radius 3 is 2.70 bits per heavy atom. The van der Waals surface area contributed by atoms with Crippen molar-refractivity contribution >= 4 is 11.8 Å². The molecule has 1 saturated carbocycles. The van der Waals surface area contributed by atoms with Crippen molar-refractivity contribution in [3.8, 4) is 0 Å². The molecular weight excluding hydrogens is 292 g/mol. The predicted molar refractivity (Wildman–Crippen MR) is 86.8 cm³/mol. The molecule has 6 heteroatoms. The number of amides is 2. The largest absolute Gasteiger partial charge is 0.354 e. The number of likely N-dealkylation sites (tertiary alicyclic amines) is 1. The molecule has 126 valence electrons. The lowest BCUT2D eigenvalue weighted by molar-refractivity contribution is -0.136. The zero-order valence-electron chi connectivity index (χ0n) is 14.3. The maximum absolute atomic E-state index is 12.3. The second kappa shape index (κ2) is 5.98. The van der Waals surface area contributed by atoms with Crippen LogP contribution in [0.15, 0.2) is 6.07 Å². The Bertz CT molecular complexity index is 618. The maximum atomic E-state index is 12.3. The lowest BCUT2D eigenvalue weighted by Gasteiger charge is -2.25. The summed E-state index contributed by atoms with van der Waals surface area (Å²) < 4.78 is 2.04. The number of nitrogens with zero attached hydrogens (tertiary/aromatic N) is 3. The molecule has 1 aromatic heterocycles. The van der Waals surface area contributed by atoms with Gasteiger partial charge in [-0.1, -0.05) is 0 Å². The van der Waals surface area contributed by atoms with Crippen LogP contribution in [0.1, 0.15) is 44.0 Å². The molecule has 0 radical (unpaired) electrons. The first kappa shape index (κ1) is 16.0. The summed E-state index contributed by atoms with van der Waals surface area (Å²) in [5.74, 6) is 0.0521. The molecule has 3 rings (SSSR count). The molecule has 1 N–H and O–H groups in total. The van der Waals surface area contributed by atoms with Crippen molar-refractivity contribution in [2.75, 3.05) is 13.1 Å². The highest BCUT2D eigenvalue weighted by Gasteiger charge is 2.44. The smallest absolute Gasteiger partial charge is 0.242 e. The molecule has 2 amide bonds. The Balaban J connectivity index is 1.54. The Kier molecular flexibility index (Phi) is 4.17. The number of nitrogens with one attached hydrogen (secondary N) is 1. The quantitative estimate of drug-likeness (QED) is 0.862. The minimum Gasteiger partial charge on any atom is -0.354 e. The summed E-state index contributed by atoms with van der Waals surface area (Å²) in [6.07, 6.45) is 3.66. The van der Waals surface area contributed by atoms with Gasteiger partial charge in [-0.2, -0.15) is 5.10 Å². The lowest BCUT2D eigenvalue weighted by atomic mass is 10.1. The molecule has 2 aliphatic rings. The molecule has 2 fully saturated rings. The molecule has 0 aromatic carbocycles. The molecule has 1 aromatic rings. The van der Waals surface area contributed by atoms with Crippen molar-refractivity contribution in [1.82, 2.24) is 20.0 Å². The number of rotatable bonds is 6. The van der Waals surface area contributed by atoms with Gasteiger partial charge in [0.05, 0.1) is 5.69 Å². The van der Waals surface area contributed by atoms with E-state index in [1.807, 2.05) is 18.5 Å². The highest BCUT2D eigenvalue weighted by molar-refractivity contribution is 5.88. The third-order valence-electron chi connectivity index (χ3n) is 5.14. The predicted octanol–water partition coefficient (Wildman–Crippen LogP) is 1.41. The van der Waals surface area contributed by atoms with Gasteiger partial charge in [0.25, 0.3) is 0 Å². The molecule has 0 bridgehead atoms. The van der Waals surface area contributed by atoms with Gasteiger partial charge in [-0.15, -0.1) is 0 Å². The topological polar surface area (TPSA) is 67.2 Å². The second-order valence-electron chi connectivity index (χ2n) is 7.17. The highest BCUT2D eigenvalue weighted by Crippen LogP contribution is 2.46. The van der Waals surface area contributed by atoms with Crippen molar-refractivity contribution in [3.63, 3.8) is 0 Å². The standard InChI is InChI=1S/C17H26N4O2/c1-12-9-13(2)21(19-12)11-17(6-7-17)10-18-16(23)14(3)20-8-4-5-15(20)22/h9,14H,4-8,10-11H2,1-3H3,(H,18,23). The lowest BCUT2D eigenvalue weighted by Crippen LogP contribution is -2.47.